The molecule has 1 aliphatic rings. The third-order valence-corrected chi connectivity index (χ3v) is 6.57. The highest BCUT2D eigenvalue weighted by Crippen LogP contribution is 2.28. The van der Waals surface area contributed by atoms with Crippen molar-refractivity contribution in [3.05, 3.63) is 95.8 Å². The topological polar surface area (TPSA) is 50.2 Å². The summed E-state index contributed by atoms with van der Waals surface area (Å²) in [6, 6.07) is 25.0. The smallest absolute Gasteiger partial charge is 0.223 e. The highest BCUT2D eigenvalue weighted by Gasteiger charge is 2.27. The Balaban J connectivity index is 1.25. The van der Waals surface area contributed by atoms with Crippen LogP contribution in [0.15, 0.2) is 78.9 Å². The lowest BCUT2D eigenvalue weighted by atomic mass is 9.96. The van der Waals surface area contributed by atoms with Crippen molar-refractivity contribution in [2.75, 3.05) is 24.5 Å². The zero-order valence-corrected chi connectivity index (χ0v) is 19.2. The van der Waals surface area contributed by atoms with Crippen molar-refractivity contribution in [1.82, 2.24) is 14.9 Å². The van der Waals surface area contributed by atoms with Crippen molar-refractivity contribution >= 4 is 22.9 Å². The number of carbonyl (C=O) groups is 1. The number of imidazole rings is 1. The Labute approximate surface area is 199 Å². The number of benzene rings is 3. The van der Waals surface area contributed by atoms with Crippen molar-refractivity contribution in [1.29, 1.82) is 0 Å². The van der Waals surface area contributed by atoms with Gasteiger partial charge in [0.05, 0.1) is 17.6 Å². The maximum absolute atomic E-state index is 13.8. The summed E-state index contributed by atoms with van der Waals surface area (Å²) in [4.78, 5) is 19.9. The van der Waals surface area contributed by atoms with Crippen molar-refractivity contribution < 1.29 is 9.18 Å². The molecule has 6 heteroatoms. The SMILES string of the molecule is O=C(NCCc1ccccc1)C1CCN(c2nc3ccccc3n2Cc2cccc(F)c2)CC1. The fourth-order valence-electron chi connectivity index (χ4n) is 4.74. The summed E-state index contributed by atoms with van der Waals surface area (Å²) >= 11 is 0. The van der Waals surface area contributed by atoms with E-state index in [9.17, 15) is 9.18 Å². The fourth-order valence-corrected chi connectivity index (χ4v) is 4.74. The number of hydrogen-bond donors (Lipinski definition) is 1. The highest BCUT2D eigenvalue weighted by atomic mass is 19.1. The van der Waals surface area contributed by atoms with Crippen LogP contribution >= 0.6 is 0 Å². The van der Waals surface area contributed by atoms with Gasteiger partial charge < -0.3 is 14.8 Å². The number of anilines is 1. The van der Waals surface area contributed by atoms with E-state index in [4.69, 9.17) is 4.98 Å². The molecular weight excluding hydrogens is 427 g/mol. The van der Waals surface area contributed by atoms with Gasteiger partial charge in [0.15, 0.2) is 0 Å². The summed E-state index contributed by atoms with van der Waals surface area (Å²) in [7, 11) is 0. The molecule has 1 N–H and O–H groups in total. The van der Waals surface area contributed by atoms with Gasteiger partial charge in [-0.15, -0.1) is 0 Å². The second-order valence-electron chi connectivity index (χ2n) is 8.90. The third-order valence-electron chi connectivity index (χ3n) is 6.57. The lowest BCUT2D eigenvalue weighted by Crippen LogP contribution is -2.42. The molecule has 2 heterocycles. The van der Waals surface area contributed by atoms with Crippen LogP contribution in [0.5, 0.6) is 0 Å². The Morgan fingerprint density at radius 2 is 1.68 bits per heavy atom. The predicted molar refractivity (Wildman–Crippen MR) is 133 cm³/mol. The van der Waals surface area contributed by atoms with Gasteiger partial charge in [0.2, 0.25) is 11.9 Å². The predicted octanol–water partition coefficient (Wildman–Crippen LogP) is 4.80. The number of halogens is 1. The summed E-state index contributed by atoms with van der Waals surface area (Å²) in [5.74, 6) is 0.813. The van der Waals surface area contributed by atoms with Gasteiger partial charge in [-0.25, -0.2) is 9.37 Å². The van der Waals surface area contributed by atoms with Crippen LogP contribution in [0.3, 0.4) is 0 Å². The van der Waals surface area contributed by atoms with Gasteiger partial charge in [-0.05, 0) is 54.7 Å². The number of piperidine rings is 1. The average molecular weight is 457 g/mol. The van der Waals surface area contributed by atoms with Crippen LogP contribution in [0.1, 0.15) is 24.0 Å². The average Bonchev–Trinajstić information content (AvgIpc) is 3.23. The van der Waals surface area contributed by atoms with E-state index in [1.807, 2.05) is 42.5 Å². The van der Waals surface area contributed by atoms with E-state index >= 15 is 0 Å². The van der Waals surface area contributed by atoms with Crippen molar-refractivity contribution in [3.8, 4) is 0 Å². The molecule has 0 spiro atoms. The first-order valence-electron chi connectivity index (χ1n) is 11.9. The zero-order valence-electron chi connectivity index (χ0n) is 19.2. The van der Waals surface area contributed by atoms with Gasteiger partial charge in [-0.2, -0.15) is 0 Å². The molecule has 5 rings (SSSR count). The highest BCUT2D eigenvalue weighted by molar-refractivity contribution is 5.80. The van der Waals surface area contributed by atoms with Gasteiger partial charge in [-0.3, -0.25) is 4.79 Å². The van der Waals surface area contributed by atoms with E-state index in [0.717, 1.165) is 54.9 Å². The molecule has 1 aliphatic heterocycles. The van der Waals surface area contributed by atoms with E-state index in [1.165, 1.54) is 11.6 Å². The number of nitrogens with zero attached hydrogens (tertiary/aromatic N) is 3. The Morgan fingerprint density at radius 1 is 0.941 bits per heavy atom. The normalized spacial score (nSPS) is 14.4. The Kier molecular flexibility index (Phi) is 6.56. The van der Waals surface area contributed by atoms with E-state index in [-0.39, 0.29) is 17.6 Å². The van der Waals surface area contributed by atoms with Gasteiger partial charge in [-0.1, -0.05) is 54.6 Å². The van der Waals surface area contributed by atoms with Crippen molar-refractivity contribution in [3.63, 3.8) is 0 Å². The number of nitrogens with one attached hydrogen (secondary N) is 1. The number of rotatable bonds is 7. The fraction of sp³-hybridized carbons (Fsp3) is 0.286. The molecule has 3 aromatic carbocycles. The zero-order chi connectivity index (χ0) is 23.3. The monoisotopic (exact) mass is 456 g/mol. The van der Waals surface area contributed by atoms with Crippen molar-refractivity contribution in [2.45, 2.75) is 25.8 Å². The molecule has 0 atom stereocenters. The number of amides is 1. The van der Waals surface area contributed by atoms with Gasteiger partial charge in [0.1, 0.15) is 5.82 Å². The first-order valence-corrected chi connectivity index (χ1v) is 11.9. The summed E-state index contributed by atoms with van der Waals surface area (Å²) in [6.45, 7) is 2.74. The Bertz CT molecular complexity index is 1260. The molecule has 0 unspecified atom stereocenters. The summed E-state index contributed by atoms with van der Waals surface area (Å²) in [6.07, 6.45) is 2.43. The van der Waals surface area contributed by atoms with Crippen LogP contribution < -0.4 is 10.2 Å². The largest absolute Gasteiger partial charge is 0.356 e. The molecule has 0 saturated carbocycles. The number of hydrogen-bond acceptors (Lipinski definition) is 3. The van der Waals surface area contributed by atoms with E-state index in [1.54, 1.807) is 12.1 Å². The van der Waals surface area contributed by atoms with Gasteiger partial charge in [0, 0.05) is 25.6 Å². The molecule has 1 fully saturated rings. The van der Waals surface area contributed by atoms with Gasteiger partial charge in [0.25, 0.3) is 0 Å². The lowest BCUT2D eigenvalue weighted by molar-refractivity contribution is -0.125. The maximum atomic E-state index is 13.8. The molecule has 0 aliphatic carbocycles. The number of aromatic nitrogens is 2. The molecule has 34 heavy (non-hydrogen) atoms. The van der Waals surface area contributed by atoms with Gasteiger partial charge >= 0.3 is 0 Å². The number of para-hydroxylation sites is 2. The molecule has 5 nitrogen and oxygen atoms in total. The molecule has 174 valence electrons. The summed E-state index contributed by atoms with van der Waals surface area (Å²) in [5.41, 5.74) is 4.09. The molecule has 1 aromatic heterocycles. The van der Waals surface area contributed by atoms with Crippen LogP contribution in [0.25, 0.3) is 11.0 Å². The molecule has 1 amide bonds. The van der Waals surface area contributed by atoms with Crippen molar-refractivity contribution in [2.24, 2.45) is 5.92 Å². The quantitative estimate of drug-likeness (QED) is 0.435. The summed E-state index contributed by atoms with van der Waals surface area (Å²) < 4.78 is 16.0. The first kappa shape index (κ1) is 22.1. The molecule has 4 aromatic rings. The number of fused-ring (bicyclic) bond motifs is 1. The number of carbonyl (C=O) groups excluding carboxylic acids is 1. The minimum atomic E-state index is -0.234. The van der Waals surface area contributed by atoms with E-state index in [0.29, 0.717) is 13.1 Å². The molecule has 1 saturated heterocycles. The second kappa shape index (κ2) is 10.1. The maximum Gasteiger partial charge on any atom is 0.223 e. The Hall–Kier alpha value is -3.67. The molecular formula is C28H29FN4O. The first-order chi connectivity index (χ1) is 16.7. The van der Waals surface area contributed by atoms with Crippen LogP contribution in [0.4, 0.5) is 10.3 Å². The standard InChI is InChI=1S/C28H29FN4O/c29-24-10-6-9-22(19-24)20-33-26-12-5-4-11-25(26)31-28(33)32-17-14-23(15-18-32)27(34)30-16-13-21-7-2-1-3-8-21/h1-12,19,23H,13-18,20H2,(H,30,34). The Morgan fingerprint density at radius 3 is 2.47 bits per heavy atom. The summed E-state index contributed by atoms with van der Waals surface area (Å²) in [5, 5.41) is 3.11. The minimum Gasteiger partial charge on any atom is -0.356 e. The van der Waals surface area contributed by atoms with Crippen LogP contribution in [0, 0.1) is 11.7 Å². The minimum absolute atomic E-state index is 0.0214. The van der Waals surface area contributed by atoms with E-state index in [2.05, 4.69) is 33.0 Å². The van der Waals surface area contributed by atoms with Crippen LogP contribution in [-0.2, 0) is 17.8 Å². The lowest BCUT2D eigenvalue weighted by Gasteiger charge is -2.32. The molecule has 0 radical (unpaired) electrons. The van der Waals surface area contributed by atoms with Crippen LogP contribution in [0.2, 0.25) is 0 Å². The van der Waals surface area contributed by atoms with Crippen LogP contribution in [-0.4, -0.2) is 35.1 Å². The van der Waals surface area contributed by atoms with E-state index < -0.39 is 0 Å². The molecule has 0 bridgehead atoms. The second-order valence-corrected chi connectivity index (χ2v) is 8.90. The third kappa shape index (κ3) is 4.96.